The zero-order chi connectivity index (χ0) is 16.5. The molecule has 2 amide bonds. The van der Waals surface area contributed by atoms with Gasteiger partial charge in [0.05, 0.1) is 13.2 Å². The van der Waals surface area contributed by atoms with Gasteiger partial charge in [0.2, 0.25) is 0 Å². The maximum Gasteiger partial charge on any atom is 0.317 e. The highest BCUT2D eigenvalue weighted by Gasteiger charge is 2.28. The van der Waals surface area contributed by atoms with Gasteiger partial charge in [-0.1, -0.05) is 6.07 Å². The SMILES string of the molecule is O=C(NC1CCc2c(ccc(=O)n2CC2CC2)C1)N1CCOCC1. The number of morpholine rings is 1. The predicted octanol–water partition coefficient (Wildman–Crippen LogP) is 1.16. The molecule has 4 rings (SSSR count). The second-order valence-electron chi connectivity index (χ2n) is 7.19. The molecule has 24 heavy (non-hydrogen) atoms. The molecule has 1 aromatic rings. The highest BCUT2D eigenvalue weighted by atomic mass is 16.5. The monoisotopic (exact) mass is 331 g/mol. The summed E-state index contributed by atoms with van der Waals surface area (Å²) in [5.41, 5.74) is 2.52. The van der Waals surface area contributed by atoms with Gasteiger partial charge in [-0.2, -0.15) is 0 Å². The van der Waals surface area contributed by atoms with Crippen molar-refractivity contribution in [3.05, 3.63) is 33.7 Å². The number of fused-ring (bicyclic) bond motifs is 1. The third-order valence-electron chi connectivity index (χ3n) is 5.35. The minimum atomic E-state index is 0.0121. The smallest absolute Gasteiger partial charge is 0.317 e. The number of carbonyl (C=O) groups is 1. The van der Waals surface area contributed by atoms with Crippen LogP contribution < -0.4 is 10.9 Å². The minimum Gasteiger partial charge on any atom is -0.378 e. The number of rotatable bonds is 3. The molecule has 0 radical (unpaired) electrons. The minimum absolute atomic E-state index is 0.0121. The van der Waals surface area contributed by atoms with Crippen LogP contribution in [-0.2, 0) is 24.1 Å². The fourth-order valence-corrected chi connectivity index (χ4v) is 3.74. The number of nitrogens with one attached hydrogen (secondary N) is 1. The molecule has 1 saturated carbocycles. The Morgan fingerprint density at radius 1 is 1.21 bits per heavy atom. The first-order chi connectivity index (χ1) is 11.7. The van der Waals surface area contributed by atoms with E-state index < -0.39 is 0 Å². The van der Waals surface area contributed by atoms with E-state index in [1.165, 1.54) is 24.1 Å². The highest BCUT2D eigenvalue weighted by molar-refractivity contribution is 5.74. The zero-order valence-corrected chi connectivity index (χ0v) is 14.0. The van der Waals surface area contributed by atoms with Crippen molar-refractivity contribution in [3.63, 3.8) is 0 Å². The summed E-state index contributed by atoms with van der Waals surface area (Å²) in [5.74, 6) is 0.688. The van der Waals surface area contributed by atoms with E-state index in [1.807, 2.05) is 15.5 Å². The molecular weight excluding hydrogens is 306 g/mol. The Bertz CT molecular complexity index is 675. The second kappa shape index (κ2) is 6.59. The van der Waals surface area contributed by atoms with Crippen molar-refractivity contribution in [2.75, 3.05) is 26.3 Å². The molecule has 3 aliphatic rings. The van der Waals surface area contributed by atoms with Crippen molar-refractivity contribution < 1.29 is 9.53 Å². The Balaban J connectivity index is 1.43. The average Bonchev–Trinajstić information content (AvgIpc) is 3.42. The number of hydrogen-bond donors (Lipinski definition) is 1. The molecule has 1 aliphatic heterocycles. The standard InChI is InChI=1S/C18H25N3O3/c22-17-6-3-14-11-15(19-18(23)20-7-9-24-10-8-20)4-5-16(14)21(17)12-13-1-2-13/h3,6,13,15H,1-2,4-5,7-12H2,(H,19,23). The van der Waals surface area contributed by atoms with E-state index >= 15 is 0 Å². The number of hydrogen-bond acceptors (Lipinski definition) is 3. The van der Waals surface area contributed by atoms with Gasteiger partial charge in [0, 0.05) is 37.4 Å². The lowest BCUT2D eigenvalue weighted by Gasteiger charge is -2.32. The molecule has 1 atom stereocenters. The van der Waals surface area contributed by atoms with E-state index in [-0.39, 0.29) is 17.6 Å². The summed E-state index contributed by atoms with van der Waals surface area (Å²) in [7, 11) is 0. The van der Waals surface area contributed by atoms with Gasteiger partial charge in [0.1, 0.15) is 0 Å². The van der Waals surface area contributed by atoms with Crippen molar-refractivity contribution in [2.45, 2.75) is 44.7 Å². The van der Waals surface area contributed by atoms with Gasteiger partial charge in [0.15, 0.2) is 0 Å². The molecule has 2 heterocycles. The highest BCUT2D eigenvalue weighted by Crippen LogP contribution is 2.31. The number of pyridine rings is 1. The van der Waals surface area contributed by atoms with E-state index in [4.69, 9.17) is 4.74 Å². The lowest BCUT2D eigenvalue weighted by Crippen LogP contribution is -2.50. The fraction of sp³-hybridized carbons (Fsp3) is 0.667. The summed E-state index contributed by atoms with van der Waals surface area (Å²) in [6.07, 6.45) is 5.07. The molecule has 0 spiro atoms. The fourth-order valence-electron chi connectivity index (χ4n) is 3.74. The van der Waals surface area contributed by atoms with Crippen LogP contribution in [0.4, 0.5) is 4.79 Å². The molecule has 2 aliphatic carbocycles. The average molecular weight is 331 g/mol. The molecule has 0 bridgehead atoms. The predicted molar refractivity (Wildman–Crippen MR) is 90.2 cm³/mol. The summed E-state index contributed by atoms with van der Waals surface area (Å²) >= 11 is 0. The summed E-state index contributed by atoms with van der Waals surface area (Å²) in [5, 5.41) is 3.16. The van der Waals surface area contributed by atoms with Crippen LogP contribution in [0.25, 0.3) is 0 Å². The molecule has 6 heteroatoms. The Hall–Kier alpha value is -1.82. The van der Waals surface area contributed by atoms with Gasteiger partial charge in [-0.3, -0.25) is 4.79 Å². The molecule has 0 aromatic carbocycles. The van der Waals surface area contributed by atoms with Crippen LogP contribution in [0.1, 0.15) is 30.5 Å². The maximum atomic E-state index is 12.4. The summed E-state index contributed by atoms with van der Waals surface area (Å²) < 4.78 is 7.27. The lowest BCUT2D eigenvalue weighted by molar-refractivity contribution is 0.0523. The molecule has 6 nitrogen and oxygen atoms in total. The van der Waals surface area contributed by atoms with E-state index in [9.17, 15) is 9.59 Å². The zero-order valence-electron chi connectivity index (χ0n) is 14.0. The van der Waals surface area contributed by atoms with Crippen molar-refractivity contribution in [1.82, 2.24) is 14.8 Å². The van der Waals surface area contributed by atoms with Crippen LogP contribution in [0.2, 0.25) is 0 Å². The summed E-state index contributed by atoms with van der Waals surface area (Å²) in [6.45, 7) is 3.43. The van der Waals surface area contributed by atoms with E-state index in [0.717, 1.165) is 25.8 Å². The van der Waals surface area contributed by atoms with Gasteiger partial charge in [-0.15, -0.1) is 0 Å². The maximum absolute atomic E-state index is 12.4. The number of nitrogens with zero attached hydrogens (tertiary/aromatic N) is 2. The van der Waals surface area contributed by atoms with Crippen molar-refractivity contribution in [2.24, 2.45) is 5.92 Å². The van der Waals surface area contributed by atoms with E-state index in [2.05, 4.69) is 5.32 Å². The topological polar surface area (TPSA) is 63.6 Å². The van der Waals surface area contributed by atoms with Gasteiger partial charge < -0.3 is 19.5 Å². The van der Waals surface area contributed by atoms with Crippen LogP contribution in [-0.4, -0.2) is 47.8 Å². The number of carbonyl (C=O) groups excluding carboxylic acids is 1. The van der Waals surface area contributed by atoms with Crippen molar-refractivity contribution in [3.8, 4) is 0 Å². The Kier molecular flexibility index (Phi) is 4.31. The normalized spacial score (nSPS) is 23.7. The first-order valence-electron chi connectivity index (χ1n) is 9.05. The second-order valence-corrected chi connectivity index (χ2v) is 7.19. The van der Waals surface area contributed by atoms with E-state index in [0.29, 0.717) is 32.2 Å². The quantitative estimate of drug-likeness (QED) is 0.904. The van der Waals surface area contributed by atoms with Crippen LogP contribution in [0.5, 0.6) is 0 Å². The molecule has 1 aromatic heterocycles. The Labute approximate surface area is 141 Å². The first-order valence-corrected chi connectivity index (χ1v) is 9.05. The van der Waals surface area contributed by atoms with Crippen LogP contribution in [0.3, 0.4) is 0 Å². The number of ether oxygens (including phenoxy) is 1. The van der Waals surface area contributed by atoms with E-state index in [1.54, 1.807) is 6.07 Å². The molecule has 1 saturated heterocycles. The molecular formula is C18H25N3O3. The Morgan fingerprint density at radius 2 is 2.00 bits per heavy atom. The largest absolute Gasteiger partial charge is 0.378 e. The van der Waals surface area contributed by atoms with Gasteiger partial charge in [-0.25, -0.2) is 4.79 Å². The molecule has 1 N–H and O–H groups in total. The molecule has 1 unspecified atom stereocenters. The molecule has 2 fully saturated rings. The summed E-state index contributed by atoms with van der Waals surface area (Å²) in [4.78, 5) is 26.4. The van der Waals surface area contributed by atoms with Gasteiger partial charge in [0.25, 0.3) is 5.56 Å². The van der Waals surface area contributed by atoms with Crippen LogP contribution >= 0.6 is 0 Å². The Morgan fingerprint density at radius 3 is 2.75 bits per heavy atom. The third kappa shape index (κ3) is 3.34. The van der Waals surface area contributed by atoms with Gasteiger partial charge in [-0.05, 0) is 43.6 Å². The number of amides is 2. The summed E-state index contributed by atoms with van der Waals surface area (Å²) in [6, 6.07) is 3.80. The molecule has 130 valence electrons. The lowest BCUT2D eigenvalue weighted by atomic mass is 9.91. The van der Waals surface area contributed by atoms with Crippen LogP contribution in [0.15, 0.2) is 16.9 Å². The first kappa shape index (κ1) is 15.7. The van der Waals surface area contributed by atoms with Crippen molar-refractivity contribution >= 4 is 6.03 Å². The van der Waals surface area contributed by atoms with Crippen LogP contribution in [0, 0.1) is 5.92 Å². The van der Waals surface area contributed by atoms with Gasteiger partial charge >= 0.3 is 6.03 Å². The third-order valence-corrected chi connectivity index (χ3v) is 5.35. The number of urea groups is 1. The number of aromatic nitrogens is 1. The van der Waals surface area contributed by atoms with Crippen molar-refractivity contribution in [1.29, 1.82) is 0 Å².